The van der Waals surface area contributed by atoms with Crippen molar-refractivity contribution in [1.29, 1.82) is 0 Å². The zero-order chi connectivity index (χ0) is 23.0. The van der Waals surface area contributed by atoms with E-state index in [0.717, 1.165) is 37.3 Å². The number of nitrogens with one attached hydrogen (secondary N) is 1. The molecule has 2 heterocycles. The van der Waals surface area contributed by atoms with Gasteiger partial charge in [-0.2, -0.15) is 0 Å². The maximum absolute atomic E-state index is 13.7. The minimum Gasteiger partial charge on any atom is -0.467 e. The molecule has 0 aliphatic carbocycles. The summed E-state index contributed by atoms with van der Waals surface area (Å²) in [4.78, 5) is 30.8. The molecule has 0 spiro atoms. The Kier molecular flexibility index (Phi) is 7.58. The topological polar surface area (TPSA) is 65.8 Å². The molecule has 0 bridgehead atoms. The van der Waals surface area contributed by atoms with Crippen molar-refractivity contribution in [3.8, 4) is 0 Å². The van der Waals surface area contributed by atoms with E-state index in [-0.39, 0.29) is 24.3 Å². The second-order valence-electron chi connectivity index (χ2n) is 8.64. The van der Waals surface area contributed by atoms with E-state index in [1.165, 1.54) is 0 Å². The van der Waals surface area contributed by atoms with Gasteiger partial charge in [-0.1, -0.05) is 48.5 Å². The van der Waals surface area contributed by atoms with Crippen LogP contribution >= 0.6 is 0 Å². The smallest absolute Gasteiger partial charge is 0.251 e. The van der Waals surface area contributed by atoms with Gasteiger partial charge in [0, 0.05) is 11.6 Å². The van der Waals surface area contributed by atoms with E-state index >= 15 is 0 Å². The van der Waals surface area contributed by atoms with Crippen LogP contribution in [-0.2, 0) is 11.3 Å². The van der Waals surface area contributed by atoms with Crippen LogP contribution in [0.1, 0.15) is 47.0 Å². The Morgan fingerprint density at radius 2 is 1.67 bits per heavy atom. The molecule has 6 nitrogen and oxygen atoms in total. The Morgan fingerprint density at radius 3 is 2.30 bits per heavy atom. The van der Waals surface area contributed by atoms with Crippen LogP contribution < -0.4 is 5.32 Å². The van der Waals surface area contributed by atoms with Crippen molar-refractivity contribution in [1.82, 2.24) is 15.1 Å². The largest absolute Gasteiger partial charge is 0.467 e. The molecule has 1 aliphatic rings. The third kappa shape index (κ3) is 6.11. The van der Waals surface area contributed by atoms with Crippen molar-refractivity contribution in [2.75, 3.05) is 20.1 Å². The molecule has 1 unspecified atom stereocenters. The fraction of sp³-hybridized carbons (Fsp3) is 0.333. The van der Waals surface area contributed by atoms with Gasteiger partial charge in [0.1, 0.15) is 5.76 Å². The minimum atomic E-state index is -0.420. The summed E-state index contributed by atoms with van der Waals surface area (Å²) in [5, 5.41) is 3.09. The first-order valence-electron chi connectivity index (χ1n) is 11.5. The fourth-order valence-corrected chi connectivity index (χ4v) is 4.36. The number of benzene rings is 2. The zero-order valence-corrected chi connectivity index (χ0v) is 19.0. The number of hydrogen-bond donors (Lipinski definition) is 1. The van der Waals surface area contributed by atoms with Crippen molar-refractivity contribution >= 4 is 11.8 Å². The maximum atomic E-state index is 13.7. The van der Waals surface area contributed by atoms with Crippen LogP contribution in [0.3, 0.4) is 0 Å². The summed E-state index contributed by atoms with van der Waals surface area (Å²) in [5.41, 5.74) is 1.49. The highest BCUT2D eigenvalue weighted by atomic mass is 16.3. The molecule has 0 saturated carbocycles. The third-order valence-electron chi connectivity index (χ3n) is 6.28. The number of rotatable bonds is 8. The van der Waals surface area contributed by atoms with Gasteiger partial charge in [-0.15, -0.1) is 0 Å². The third-order valence-corrected chi connectivity index (χ3v) is 6.28. The molecule has 2 amide bonds. The van der Waals surface area contributed by atoms with Crippen molar-refractivity contribution < 1.29 is 14.0 Å². The van der Waals surface area contributed by atoms with E-state index in [9.17, 15) is 9.59 Å². The van der Waals surface area contributed by atoms with Crippen molar-refractivity contribution in [2.24, 2.45) is 0 Å². The van der Waals surface area contributed by atoms with E-state index in [1.54, 1.807) is 18.4 Å². The second kappa shape index (κ2) is 11.0. The summed E-state index contributed by atoms with van der Waals surface area (Å²) in [7, 11) is 2.11. The van der Waals surface area contributed by atoms with Crippen molar-refractivity contribution in [3.63, 3.8) is 0 Å². The average Bonchev–Trinajstić information content (AvgIpc) is 3.37. The van der Waals surface area contributed by atoms with Gasteiger partial charge in [0.2, 0.25) is 5.91 Å². The van der Waals surface area contributed by atoms with Crippen LogP contribution in [0.2, 0.25) is 0 Å². The van der Waals surface area contributed by atoms with Crippen LogP contribution in [0.25, 0.3) is 0 Å². The van der Waals surface area contributed by atoms with Crippen LogP contribution in [0.4, 0.5) is 0 Å². The minimum absolute atomic E-state index is 0.0168. The Bertz CT molecular complexity index is 1010. The number of carbonyl (C=O) groups excluding carboxylic acids is 2. The van der Waals surface area contributed by atoms with Gasteiger partial charge in [0.15, 0.2) is 0 Å². The highest BCUT2D eigenvalue weighted by molar-refractivity contribution is 5.94. The lowest BCUT2D eigenvalue weighted by atomic mass is 9.99. The summed E-state index contributed by atoms with van der Waals surface area (Å²) >= 11 is 0. The first kappa shape index (κ1) is 22.8. The number of furan rings is 1. The first-order valence-corrected chi connectivity index (χ1v) is 11.5. The van der Waals surface area contributed by atoms with Gasteiger partial charge < -0.3 is 19.5 Å². The molecule has 1 aromatic heterocycles. The molecule has 2 aromatic carbocycles. The summed E-state index contributed by atoms with van der Waals surface area (Å²) in [6.07, 6.45) is 3.68. The van der Waals surface area contributed by atoms with E-state index in [1.807, 2.05) is 65.6 Å². The summed E-state index contributed by atoms with van der Waals surface area (Å²) < 4.78 is 5.56. The lowest BCUT2D eigenvalue weighted by Crippen LogP contribution is -2.47. The van der Waals surface area contributed by atoms with Crippen LogP contribution in [0.5, 0.6) is 0 Å². The van der Waals surface area contributed by atoms with Crippen molar-refractivity contribution in [3.05, 3.63) is 95.9 Å². The first-order chi connectivity index (χ1) is 16.1. The number of piperidine rings is 1. The van der Waals surface area contributed by atoms with Crippen LogP contribution in [-0.4, -0.2) is 47.8 Å². The standard InChI is InChI=1S/C27H31N3O3/c1-29-16-14-23(15-17-29)30(20-24-13-8-18-33-24)26(31)19-25(21-9-4-2-5-10-21)28-27(32)22-11-6-3-7-12-22/h2-13,18,23,25H,14-17,19-20H2,1H3,(H,28,32). The highest BCUT2D eigenvalue weighted by Gasteiger charge is 2.30. The van der Waals surface area contributed by atoms with Gasteiger partial charge in [0.05, 0.1) is 25.3 Å². The lowest BCUT2D eigenvalue weighted by Gasteiger charge is -2.37. The molecule has 33 heavy (non-hydrogen) atoms. The molecule has 1 aliphatic heterocycles. The normalized spacial score (nSPS) is 15.7. The SMILES string of the molecule is CN1CCC(N(Cc2ccco2)C(=O)CC(NC(=O)c2ccccc2)c2ccccc2)CC1. The Hall–Kier alpha value is -3.38. The second-order valence-corrected chi connectivity index (χ2v) is 8.64. The predicted octanol–water partition coefficient (Wildman–Crippen LogP) is 4.26. The molecule has 172 valence electrons. The summed E-state index contributed by atoms with van der Waals surface area (Å²) in [5.74, 6) is 0.601. The van der Waals surface area contributed by atoms with Crippen LogP contribution in [0.15, 0.2) is 83.5 Å². The number of amides is 2. The molecular weight excluding hydrogens is 414 g/mol. The average molecular weight is 446 g/mol. The summed E-state index contributed by atoms with van der Waals surface area (Å²) in [6, 6.07) is 22.3. The van der Waals surface area contributed by atoms with E-state index in [4.69, 9.17) is 4.42 Å². The molecule has 1 atom stereocenters. The number of carbonyl (C=O) groups is 2. The molecule has 1 N–H and O–H groups in total. The van der Waals surface area contributed by atoms with Crippen molar-refractivity contribution in [2.45, 2.75) is 37.9 Å². The Labute approximate surface area is 195 Å². The highest BCUT2D eigenvalue weighted by Crippen LogP contribution is 2.24. The van der Waals surface area contributed by atoms with Gasteiger partial charge >= 0.3 is 0 Å². The van der Waals surface area contributed by atoms with Gasteiger partial charge in [-0.3, -0.25) is 9.59 Å². The quantitative estimate of drug-likeness (QED) is 0.563. The molecule has 4 rings (SSSR count). The van der Waals surface area contributed by atoms with Gasteiger partial charge in [-0.05, 0) is 62.8 Å². The zero-order valence-electron chi connectivity index (χ0n) is 19.0. The maximum Gasteiger partial charge on any atom is 0.251 e. The van der Waals surface area contributed by atoms with E-state index in [0.29, 0.717) is 12.1 Å². The predicted molar refractivity (Wildman–Crippen MR) is 127 cm³/mol. The molecule has 1 fully saturated rings. The van der Waals surface area contributed by atoms with E-state index in [2.05, 4.69) is 17.3 Å². The number of hydrogen-bond acceptors (Lipinski definition) is 4. The molecule has 3 aromatic rings. The Balaban J connectivity index is 1.54. The van der Waals surface area contributed by atoms with Gasteiger partial charge in [-0.25, -0.2) is 0 Å². The number of nitrogens with zero attached hydrogens (tertiary/aromatic N) is 2. The van der Waals surface area contributed by atoms with Gasteiger partial charge in [0.25, 0.3) is 5.91 Å². The number of likely N-dealkylation sites (tertiary alicyclic amines) is 1. The fourth-order valence-electron chi connectivity index (χ4n) is 4.36. The molecule has 1 saturated heterocycles. The van der Waals surface area contributed by atoms with Crippen LogP contribution in [0, 0.1) is 0 Å². The molecule has 6 heteroatoms. The van der Waals surface area contributed by atoms with E-state index < -0.39 is 6.04 Å². The lowest BCUT2D eigenvalue weighted by molar-refractivity contribution is -0.136. The Morgan fingerprint density at radius 1 is 1.00 bits per heavy atom. The monoisotopic (exact) mass is 445 g/mol. The molecular formula is C27H31N3O3. The summed E-state index contributed by atoms with van der Waals surface area (Å²) in [6.45, 7) is 2.35. The molecule has 0 radical (unpaired) electrons.